The van der Waals surface area contributed by atoms with Crippen molar-refractivity contribution < 1.29 is 14.3 Å². The van der Waals surface area contributed by atoms with Crippen molar-refractivity contribution in [3.05, 3.63) is 29.8 Å². The molecule has 1 saturated carbocycles. The Bertz CT molecular complexity index is 600. The molecule has 0 unspecified atom stereocenters. The number of nitrogens with zero attached hydrogens (tertiary/aromatic N) is 1. The molecule has 0 spiro atoms. The standard InChI is InChI=1S/C21H33N3O3/c1-17-6-5-9-19(14-17)27-13-11-23-21(26)16-24(15-20(22)25)12-10-18-7-3-2-4-8-18/h5-6,9,14,18H,2-4,7-8,10-13,15-16H2,1H3,(H2,22,25)(H,23,26). The van der Waals surface area contributed by atoms with E-state index in [1.54, 1.807) is 0 Å². The van der Waals surface area contributed by atoms with Gasteiger partial charge >= 0.3 is 0 Å². The van der Waals surface area contributed by atoms with Gasteiger partial charge in [-0.15, -0.1) is 0 Å². The molecule has 0 atom stereocenters. The van der Waals surface area contributed by atoms with Gasteiger partial charge in [0.05, 0.1) is 19.6 Å². The number of nitrogens with one attached hydrogen (secondary N) is 1. The molecule has 1 aliphatic carbocycles. The van der Waals surface area contributed by atoms with Gasteiger partial charge in [-0.3, -0.25) is 14.5 Å². The average molecular weight is 376 g/mol. The smallest absolute Gasteiger partial charge is 0.234 e. The second-order valence-electron chi connectivity index (χ2n) is 7.48. The molecule has 6 nitrogen and oxygen atoms in total. The maximum Gasteiger partial charge on any atom is 0.234 e. The van der Waals surface area contributed by atoms with E-state index in [9.17, 15) is 9.59 Å². The van der Waals surface area contributed by atoms with Gasteiger partial charge in [0.25, 0.3) is 0 Å². The lowest BCUT2D eigenvalue weighted by molar-refractivity contribution is -0.124. The third-order valence-electron chi connectivity index (χ3n) is 5.01. The number of amides is 2. The molecule has 1 aliphatic rings. The zero-order valence-electron chi connectivity index (χ0n) is 16.4. The zero-order valence-corrected chi connectivity index (χ0v) is 16.4. The van der Waals surface area contributed by atoms with Crippen LogP contribution in [0.25, 0.3) is 0 Å². The predicted octanol–water partition coefficient (Wildman–Crippen LogP) is 2.25. The highest BCUT2D eigenvalue weighted by Gasteiger charge is 2.17. The van der Waals surface area contributed by atoms with E-state index in [4.69, 9.17) is 10.5 Å². The maximum atomic E-state index is 12.2. The van der Waals surface area contributed by atoms with E-state index in [1.807, 2.05) is 36.1 Å². The second-order valence-corrected chi connectivity index (χ2v) is 7.48. The van der Waals surface area contributed by atoms with Crippen LogP contribution < -0.4 is 15.8 Å². The minimum Gasteiger partial charge on any atom is -0.492 e. The molecule has 0 aliphatic heterocycles. The lowest BCUT2D eigenvalue weighted by Crippen LogP contribution is -2.43. The van der Waals surface area contributed by atoms with E-state index in [-0.39, 0.29) is 19.0 Å². The lowest BCUT2D eigenvalue weighted by atomic mass is 9.87. The van der Waals surface area contributed by atoms with Gasteiger partial charge in [0.15, 0.2) is 0 Å². The number of benzene rings is 1. The van der Waals surface area contributed by atoms with Crippen molar-refractivity contribution in [3.63, 3.8) is 0 Å². The number of nitrogens with two attached hydrogens (primary N) is 1. The van der Waals surface area contributed by atoms with Crippen molar-refractivity contribution in [3.8, 4) is 5.75 Å². The fraction of sp³-hybridized carbons (Fsp3) is 0.619. The number of carbonyl (C=O) groups excluding carboxylic acids is 2. The number of rotatable bonds is 11. The van der Waals surface area contributed by atoms with Gasteiger partial charge in [0, 0.05) is 0 Å². The van der Waals surface area contributed by atoms with Gasteiger partial charge in [0.1, 0.15) is 12.4 Å². The van der Waals surface area contributed by atoms with Crippen molar-refractivity contribution in [2.24, 2.45) is 11.7 Å². The van der Waals surface area contributed by atoms with Crippen LogP contribution in [0, 0.1) is 12.8 Å². The predicted molar refractivity (Wildman–Crippen MR) is 107 cm³/mol. The quantitative estimate of drug-likeness (QED) is 0.581. The molecule has 2 amide bonds. The third-order valence-corrected chi connectivity index (χ3v) is 5.01. The minimum atomic E-state index is -0.394. The van der Waals surface area contributed by atoms with Crippen molar-refractivity contribution in [2.75, 3.05) is 32.8 Å². The Balaban J connectivity index is 1.67. The lowest BCUT2D eigenvalue weighted by Gasteiger charge is -2.26. The van der Waals surface area contributed by atoms with E-state index in [0.717, 1.165) is 24.3 Å². The highest BCUT2D eigenvalue weighted by molar-refractivity contribution is 5.80. The third kappa shape index (κ3) is 8.91. The molecule has 0 aromatic heterocycles. The van der Waals surface area contributed by atoms with Gasteiger partial charge in [-0.25, -0.2) is 0 Å². The molecular weight excluding hydrogens is 342 g/mol. The fourth-order valence-corrected chi connectivity index (χ4v) is 3.60. The summed E-state index contributed by atoms with van der Waals surface area (Å²) in [7, 11) is 0. The van der Waals surface area contributed by atoms with E-state index in [1.165, 1.54) is 32.1 Å². The monoisotopic (exact) mass is 375 g/mol. The van der Waals surface area contributed by atoms with E-state index >= 15 is 0 Å². The van der Waals surface area contributed by atoms with E-state index in [2.05, 4.69) is 5.32 Å². The Morgan fingerprint density at radius 2 is 2.00 bits per heavy atom. The Labute approximate surface area is 162 Å². The molecule has 150 valence electrons. The molecule has 6 heteroatoms. The van der Waals surface area contributed by atoms with Crippen molar-refractivity contribution in [1.82, 2.24) is 10.2 Å². The first kappa shape index (κ1) is 21.2. The van der Waals surface area contributed by atoms with Gasteiger partial charge < -0.3 is 15.8 Å². The largest absolute Gasteiger partial charge is 0.492 e. The van der Waals surface area contributed by atoms with Crippen molar-refractivity contribution in [1.29, 1.82) is 0 Å². The van der Waals surface area contributed by atoms with Crippen LogP contribution in [-0.2, 0) is 9.59 Å². The van der Waals surface area contributed by atoms with Gasteiger partial charge in [-0.2, -0.15) is 0 Å². The van der Waals surface area contributed by atoms with Gasteiger partial charge in [0.2, 0.25) is 11.8 Å². The maximum absolute atomic E-state index is 12.2. The van der Waals surface area contributed by atoms with Crippen LogP contribution in [0.15, 0.2) is 24.3 Å². The Hall–Kier alpha value is -2.08. The topological polar surface area (TPSA) is 84.7 Å². The Morgan fingerprint density at radius 1 is 1.22 bits per heavy atom. The Kier molecular flexibility index (Phi) is 9.11. The van der Waals surface area contributed by atoms with Crippen LogP contribution in [0.1, 0.15) is 44.1 Å². The first-order valence-electron chi connectivity index (χ1n) is 10.00. The first-order chi connectivity index (χ1) is 13.0. The molecule has 0 saturated heterocycles. The SMILES string of the molecule is Cc1cccc(OCCNC(=O)CN(CCC2CCCCC2)CC(N)=O)c1. The van der Waals surface area contributed by atoms with Crippen LogP contribution in [0.3, 0.4) is 0 Å². The summed E-state index contributed by atoms with van der Waals surface area (Å²) in [5, 5.41) is 2.85. The van der Waals surface area contributed by atoms with Crippen LogP contribution in [-0.4, -0.2) is 49.5 Å². The van der Waals surface area contributed by atoms with Crippen LogP contribution in [0.2, 0.25) is 0 Å². The number of primary amides is 1. The number of hydrogen-bond acceptors (Lipinski definition) is 4. The van der Waals surface area contributed by atoms with Crippen LogP contribution in [0.5, 0.6) is 5.75 Å². The molecule has 1 fully saturated rings. The van der Waals surface area contributed by atoms with Crippen molar-refractivity contribution in [2.45, 2.75) is 45.4 Å². The molecule has 0 heterocycles. The number of carbonyl (C=O) groups is 2. The average Bonchev–Trinajstić information content (AvgIpc) is 2.64. The second kappa shape index (κ2) is 11.6. The molecule has 1 aromatic rings. The normalized spacial score (nSPS) is 14.9. The number of ether oxygens (including phenoxy) is 1. The highest BCUT2D eigenvalue weighted by atomic mass is 16.5. The fourth-order valence-electron chi connectivity index (χ4n) is 3.60. The van der Waals surface area contributed by atoms with Crippen LogP contribution >= 0.6 is 0 Å². The summed E-state index contributed by atoms with van der Waals surface area (Å²) in [6.07, 6.45) is 7.45. The summed E-state index contributed by atoms with van der Waals surface area (Å²) in [6.45, 7) is 3.91. The van der Waals surface area contributed by atoms with E-state index < -0.39 is 5.91 Å². The molecule has 0 bridgehead atoms. The minimum absolute atomic E-state index is 0.104. The van der Waals surface area contributed by atoms with E-state index in [0.29, 0.717) is 19.1 Å². The molecule has 27 heavy (non-hydrogen) atoms. The molecule has 3 N–H and O–H groups in total. The highest BCUT2D eigenvalue weighted by Crippen LogP contribution is 2.26. The molecule has 0 radical (unpaired) electrons. The molecular formula is C21H33N3O3. The Morgan fingerprint density at radius 3 is 2.70 bits per heavy atom. The number of hydrogen-bond donors (Lipinski definition) is 2. The first-order valence-corrected chi connectivity index (χ1v) is 10.00. The summed E-state index contributed by atoms with van der Waals surface area (Å²) in [5.74, 6) is 1.01. The van der Waals surface area contributed by atoms with Crippen molar-refractivity contribution >= 4 is 11.8 Å². The summed E-state index contributed by atoms with van der Waals surface area (Å²) in [6, 6.07) is 7.81. The molecule has 1 aromatic carbocycles. The summed E-state index contributed by atoms with van der Waals surface area (Å²) < 4.78 is 5.63. The summed E-state index contributed by atoms with van der Waals surface area (Å²) >= 11 is 0. The van der Waals surface area contributed by atoms with Crippen LogP contribution in [0.4, 0.5) is 0 Å². The van der Waals surface area contributed by atoms with Gasteiger partial charge in [-0.05, 0) is 43.5 Å². The number of aryl methyl sites for hydroxylation is 1. The van der Waals surface area contributed by atoms with Gasteiger partial charge in [-0.1, -0.05) is 44.2 Å². The summed E-state index contributed by atoms with van der Waals surface area (Å²) in [4.78, 5) is 25.4. The molecule has 2 rings (SSSR count). The summed E-state index contributed by atoms with van der Waals surface area (Å²) in [5.41, 5.74) is 6.48. The zero-order chi connectivity index (χ0) is 19.5.